The third-order valence-electron chi connectivity index (χ3n) is 4.34. The maximum atomic E-state index is 13.0. The zero-order chi connectivity index (χ0) is 26.4. The van der Waals surface area contributed by atoms with Gasteiger partial charge in [0, 0.05) is 6.54 Å². The Hall–Kier alpha value is -1.99. The van der Waals surface area contributed by atoms with Crippen molar-refractivity contribution in [3.05, 3.63) is 54.1 Å². The zero-order valence-corrected chi connectivity index (χ0v) is 21.8. The van der Waals surface area contributed by atoms with Gasteiger partial charge in [-0.15, -0.1) is 0 Å². The first-order valence-electron chi connectivity index (χ1n) is 9.82. The number of hydrogen-bond donors (Lipinski definition) is 4. The smallest absolute Gasteiger partial charge is 0.384 e. The summed E-state index contributed by atoms with van der Waals surface area (Å²) < 4.78 is 60.6. The molecule has 1 atom stereocenters. The van der Waals surface area contributed by atoms with Crippen LogP contribution in [0.1, 0.15) is 12.5 Å². The minimum atomic E-state index is -5.61. The van der Waals surface area contributed by atoms with Crippen LogP contribution in [0.4, 0.5) is 24.5 Å². The molecule has 0 aromatic heterocycles. The summed E-state index contributed by atoms with van der Waals surface area (Å²) in [6.07, 6.45) is -1.37. The van der Waals surface area contributed by atoms with E-state index in [1.54, 1.807) is 37.3 Å². The number of benzene rings is 2. The second-order valence-electron chi connectivity index (χ2n) is 6.99. The highest BCUT2D eigenvalue weighted by Gasteiger charge is 2.47. The molecule has 0 radical (unpaired) electrons. The predicted octanol–water partition coefficient (Wildman–Crippen LogP) is 4.75. The Kier molecular flexibility index (Phi) is 9.88. The van der Waals surface area contributed by atoms with E-state index in [2.05, 4.69) is 21.3 Å². The van der Waals surface area contributed by atoms with Gasteiger partial charge in [0.1, 0.15) is 6.17 Å². The standard InChI is InChI=1S/C20H20Cl3F3N4O3S2/c1-2-27-14-9-8-13(35(32,33)20(24,25)26)11-15(14)28-18(34)30-17(19(21,22)23)29-16(31)10-12-6-4-3-5-7-12/h3-9,11,17,27H,2,10H2,1H3,(H,29,31)(H2,28,30,34). The van der Waals surface area contributed by atoms with Crippen molar-refractivity contribution in [1.82, 2.24) is 10.6 Å². The third kappa shape index (κ3) is 8.28. The van der Waals surface area contributed by atoms with Gasteiger partial charge in [-0.25, -0.2) is 8.42 Å². The van der Waals surface area contributed by atoms with Gasteiger partial charge in [0.2, 0.25) is 9.70 Å². The molecule has 2 rings (SSSR count). The van der Waals surface area contributed by atoms with Crippen molar-refractivity contribution in [2.24, 2.45) is 0 Å². The zero-order valence-electron chi connectivity index (χ0n) is 17.9. The average molecular weight is 592 g/mol. The van der Waals surface area contributed by atoms with Gasteiger partial charge in [-0.3, -0.25) is 4.79 Å². The van der Waals surface area contributed by atoms with Crippen molar-refractivity contribution in [3.63, 3.8) is 0 Å². The van der Waals surface area contributed by atoms with Gasteiger partial charge in [-0.1, -0.05) is 65.1 Å². The van der Waals surface area contributed by atoms with E-state index in [4.69, 9.17) is 47.0 Å². The molecule has 1 unspecified atom stereocenters. The van der Waals surface area contributed by atoms with Crippen LogP contribution in [0.25, 0.3) is 0 Å². The van der Waals surface area contributed by atoms with Crippen molar-refractivity contribution in [2.75, 3.05) is 17.2 Å². The summed E-state index contributed by atoms with van der Waals surface area (Å²) in [6.45, 7) is 2.09. The number of hydrogen-bond acceptors (Lipinski definition) is 5. The van der Waals surface area contributed by atoms with Crippen LogP contribution in [0.2, 0.25) is 0 Å². The van der Waals surface area contributed by atoms with Gasteiger partial charge < -0.3 is 21.3 Å². The Morgan fingerprint density at radius 3 is 2.20 bits per heavy atom. The predicted molar refractivity (Wildman–Crippen MR) is 136 cm³/mol. The molecule has 1 amide bonds. The fourth-order valence-corrected chi connectivity index (χ4v) is 4.10. The van der Waals surface area contributed by atoms with Crippen LogP contribution in [-0.4, -0.2) is 41.4 Å². The lowest BCUT2D eigenvalue weighted by molar-refractivity contribution is -0.121. The summed E-state index contributed by atoms with van der Waals surface area (Å²) in [5.41, 5.74) is -4.62. The first-order valence-corrected chi connectivity index (χ1v) is 12.8. The van der Waals surface area contributed by atoms with Gasteiger partial charge in [0.05, 0.1) is 22.7 Å². The fraction of sp³-hybridized carbons (Fsp3) is 0.300. The lowest BCUT2D eigenvalue weighted by atomic mass is 10.1. The number of carbonyl (C=O) groups is 1. The molecule has 0 aliphatic rings. The molecule has 0 aliphatic carbocycles. The van der Waals surface area contributed by atoms with Gasteiger partial charge in [0.25, 0.3) is 9.84 Å². The minimum absolute atomic E-state index is 0.0259. The molecule has 0 spiro atoms. The number of amides is 1. The van der Waals surface area contributed by atoms with Crippen LogP contribution in [0, 0.1) is 0 Å². The van der Waals surface area contributed by atoms with E-state index in [0.717, 1.165) is 18.2 Å². The van der Waals surface area contributed by atoms with Crippen molar-refractivity contribution < 1.29 is 26.4 Å². The van der Waals surface area contributed by atoms with Crippen molar-refractivity contribution in [3.8, 4) is 0 Å². The second kappa shape index (κ2) is 11.8. The number of nitrogens with one attached hydrogen (secondary N) is 4. The number of sulfone groups is 1. The van der Waals surface area contributed by atoms with Crippen LogP contribution in [0.5, 0.6) is 0 Å². The SMILES string of the molecule is CCNc1ccc(S(=O)(=O)C(F)(F)F)cc1NC(=S)NC(NC(=O)Cc1ccccc1)C(Cl)(Cl)Cl. The summed E-state index contributed by atoms with van der Waals surface area (Å²) in [6, 6.07) is 11.5. The first-order chi connectivity index (χ1) is 16.1. The number of carbonyl (C=O) groups excluding carboxylic acids is 1. The van der Waals surface area contributed by atoms with Crippen LogP contribution in [0.3, 0.4) is 0 Å². The van der Waals surface area contributed by atoms with E-state index in [1.165, 1.54) is 0 Å². The molecule has 0 saturated heterocycles. The Balaban J connectivity index is 2.23. The van der Waals surface area contributed by atoms with E-state index in [0.29, 0.717) is 12.1 Å². The molecule has 2 aromatic carbocycles. The number of anilines is 2. The Bertz CT molecular complexity index is 1160. The molecule has 0 saturated carbocycles. The maximum Gasteiger partial charge on any atom is 0.501 e. The van der Waals surface area contributed by atoms with Crippen molar-refractivity contribution in [1.29, 1.82) is 0 Å². The molecule has 0 bridgehead atoms. The van der Waals surface area contributed by atoms with Crippen molar-refractivity contribution >= 4 is 79.3 Å². The lowest BCUT2D eigenvalue weighted by Crippen LogP contribution is -2.56. The van der Waals surface area contributed by atoms with Crippen LogP contribution in [0.15, 0.2) is 53.4 Å². The van der Waals surface area contributed by atoms with Crippen LogP contribution < -0.4 is 21.3 Å². The molecular weight excluding hydrogens is 572 g/mol. The Labute approximate surface area is 220 Å². The largest absolute Gasteiger partial charge is 0.501 e. The summed E-state index contributed by atoms with van der Waals surface area (Å²) in [5.74, 6) is -0.505. The number of alkyl halides is 6. The van der Waals surface area contributed by atoms with Crippen LogP contribution in [-0.2, 0) is 21.1 Å². The molecule has 192 valence electrons. The summed E-state index contributed by atoms with van der Waals surface area (Å²) in [5, 5.41) is 10.2. The second-order valence-corrected chi connectivity index (χ2v) is 11.7. The van der Waals surface area contributed by atoms with Gasteiger partial charge in [0.15, 0.2) is 5.11 Å². The van der Waals surface area contributed by atoms with Gasteiger partial charge in [-0.05, 0) is 42.9 Å². The maximum absolute atomic E-state index is 13.0. The van der Waals surface area contributed by atoms with E-state index in [9.17, 15) is 26.4 Å². The average Bonchev–Trinajstić information content (AvgIpc) is 2.73. The quantitative estimate of drug-likeness (QED) is 0.200. The van der Waals surface area contributed by atoms with E-state index in [1.807, 2.05) is 0 Å². The molecule has 0 heterocycles. The monoisotopic (exact) mass is 590 g/mol. The Morgan fingerprint density at radius 1 is 1.03 bits per heavy atom. The highest BCUT2D eigenvalue weighted by atomic mass is 35.6. The molecule has 15 heteroatoms. The number of rotatable bonds is 8. The summed E-state index contributed by atoms with van der Waals surface area (Å²) in [7, 11) is -5.61. The number of thiocarbonyl (C=S) groups is 1. The van der Waals surface area contributed by atoms with Crippen molar-refractivity contribution in [2.45, 2.75) is 33.7 Å². The Morgan fingerprint density at radius 2 is 1.66 bits per heavy atom. The van der Waals surface area contributed by atoms with E-state index >= 15 is 0 Å². The van der Waals surface area contributed by atoms with E-state index in [-0.39, 0.29) is 22.9 Å². The minimum Gasteiger partial charge on any atom is -0.384 e. The summed E-state index contributed by atoms with van der Waals surface area (Å²) >= 11 is 23.0. The third-order valence-corrected chi connectivity index (χ3v) is 6.70. The molecule has 0 fully saturated rings. The van der Waals surface area contributed by atoms with Gasteiger partial charge >= 0.3 is 5.51 Å². The summed E-state index contributed by atoms with van der Waals surface area (Å²) in [4.78, 5) is 11.4. The first kappa shape index (κ1) is 29.2. The molecule has 35 heavy (non-hydrogen) atoms. The molecule has 7 nitrogen and oxygen atoms in total. The fourth-order valence-electron chi connectivity index (χ4n) is 2.75. The normalized spacial score (nSPS) is 13.0. The topological polar surface area (TPSA) is 99.3 Å². The molecule has 4 N–H and O–H groups in total. The van der Waals surface area contributed by atoms with E-state index < -0.39 is 36.1 Å². The van der Waals surface area contributed by atoms with Gasteiger partial charge in [-0.2, -0.15) is 13.2 Å². The molecule has 2 aromatic rings. The number of halogens is 6. The lowest BCUT2D eigenvalue weighted by Gasteiger charge is -2.28. The highest BCUT2D eigenvalue weighted by molar-refractivity contribution is 7.92. The molecular formula is C20H20Cl3F3N4O3S2. The van der Waals surface area contributed by atoms with Crippen LogP contribution >= 0.6 is 47.0 Å². The highest BCUT2D eigenvalue weighted by Crippen LogP contribution is 2.34. The molecule has 0 aliphatic heterocycles.